The molecule has 2 heteroatoms. The van der Waals surface area contributed by atoms with Crippen molar-refractivity contribution >= 4 is 5.69 Å². The van der Waals surface area contributed by atoms with Gasteiger partial charge in [0.15, 0.2) is 0 Å². The summed E-state index contributed by atoms with van der Waals surface area (Å²) in [6.07, 6.45) is 1.17. The highest BCUT2D eigenvalue weighted by Gasteiger charge is 2.27. The summed E-state index contributed by atoms with van der Waals surface area (Å²) >= 11 is 0. The van der Waals surface area contributed by atoms with E-state index in [2.05, 4.69) is 43.2 Å². The topological polar surface area (TPSA) is 15.3 Å². The van der Waals surface area contributed by atoms with Crippen LogP contribution >= 0.6 is 0 Å². The smallest absolute Gasteiger partial charge is 0.0452 e. The summed E-state index contributed by atoms with van der Waals surface area (Å²) in [5.41, 5.74) is 5.79. The van der Waals surface area contributed by atoms with Crippen LogP contribution in [0.2, 0.25) is 0 Å². The lowest BCUT2D eigenvalue weighted by molar-refractivity contribution is 0.613. The lowest BCUT2D eigenvalue weighted by Crippen LogP contribution is -2.36. The van der Waals surface area contributed by atoms with E-state index in [0.717, 1.165) is 6.54 Å². The second-order valence-electron chi connectivity index (χ2n) is 4.54. The van der Waals surface area contributed by atoms with Crippen LogP contribution in [0.3, 0.4) is 0 Å². The van der Waals surface area contributed by atoms with Gasteiger partial charge >= 0.3 is 0 Å². The van der Waals surface area contributed by atoms with Crippen LogP contribution in [0.4, 0.5) is 5.69 Å². The van der Waals surface area contributed by atoms with Crippen molar-refractivity contribution in [3.8, 4) is 0 Å². The second kappa shape index (κ2) is 3.86. The summed E-state index contributed by atoms with van der Waals surface area (Å²) in [6, 6.07) is 5.14. The molecule has 0 saturated heterocycles. The van der Waals surface area contributed by atoms with Gasteiger partial charge < -0.3 is 10.2 Å². The summed E-state index contributed by atoms with van der Waals surface area (Å²) in [5, 5.41) is 3.27. The highest BCUT2D eigenvalue weighted by atomic mass is 15.2. The molecule has 1 aromatic rings. The van der Waals surface area contributed by atoms with Crippen LogP contribution in [0.5, 0.6) is 0 Å². The van der Waals surface area contributed by atoms with Gasteiger partial charge in [-0.05, 0) is 44.0 Å². The molecule has 0 aromatic heterocycles. The molecule has 1 atom stereocenters. The van der Waals surface area contributed by atoms with E-state index in [1.165, 1.54) is 28.8 Å². The van der Waals surface area contributed by atoms with E-state index in [4.69, 9.17) is 0 Å². The molecule has 1 aliphatic rings. The Kier molecular flexibility index (Phi) is 2.70. The number of hydrogen-bond acceptors (Lipinski definition) is 2. The molecule has 1 aromatic carbocycles. The van der Waals surface area contributed by atoms with Gasteiger partial charge in [-0.25, -0.2) is 0 Å². The Balaban J connectivity index is 2.37. The van der Waals surface area contributed by atoms with Crippen molar-refractivity contribution in [3.63, 3.8) is 0 Å². The quantitative estimate of drug-likeness (QED) is 0.791. The van der Waals surface area contributed by atoms with Crippen molar-refractivity contribution in [2.75, 3.05) is 25.5 Å². The summed E-state index contributed by atoms with van der Waals surface area (Å²) in [6.45, 7) is 5.48. The molecule has 1 unspecified atom stereocenters. The SMILES string of the molecule is CNCC1Cc2ccc(C)c(C)c2N1C. The third kappa shape index (κ3) is 1.63. The predicted molar refractivity (Wildman–Crippen MR) is 65.7 cm³/mol. The van der Waals surface area contributed by atoms with Crippen molar-refractivity contribution in [1.29, 1.82) is 0 Å². The number of benzene rings is 1. The lowest BCUT2D eigenvalue weighted by Gasteiger charge is -2.24. The fourth-order valence-electron chi connectivity index (χ4n) is 2.53. The van der Waals surface area contributed by atoms with Crippen molar-refractivity contribution in [1.82, 2.24) is 5.32 Å². The number of anilines is 1. The first-order valence-electron chi connectivity index (χ1n) is 5.61. The van der Waals surface area contributed by atoms with Crippen LogP contribution in [0.25, 0.3) is 0 Å². The first-order valence-corrected chi connectivity index (χ1v) is 5.61. The zero-order chi connectivity index (χ0) is 11.0. The third-order valence-corrected chi connectivity index (χ3v) is 3.58. The molecular weight excluding hydrogens is 184 g/mol. The molecule has 1 N–H and O–H groups in total. The van der Waals surface area contributed by atoms with Gasteiger partial charge in [0.25, 0.3) is 0 Å². The molecule has 15 heavy (non-hydrogen) atoms. The van der Waals surface area contributed by atoms with E-state index in [0.29, 0.717) is 6.04 Å². The van der Waals surface area contributed by atoms with E-state index in [-0.39, 0.29) is 0 Å². The van der Waals surface area contributed by atoms with Crippen LogP contribution in [-0.2, 0) is 6.42 Å². The zero-order valence-corrected chi connectivity index (χ0v) is 10.1. The van der Waals surface area contributed by atoms with Crippen molar-refractivity contribution in [2.24, 2.45) is 0 Å². The van der Waals surface area contributed by atoms with Crippen molar-refractivity contribution in [3.05, 3.63) is 28.8 Å². The number of likely N-dealkylation sites (N-methyl/N-ethyl adjacent to an activating group) is 2. The molecule has 2 rings (SSSR count). The Bertz CT molecular complexity index is 371. The molecular formula is C13H20N2. The number of rotatable bonds is 2. The first-order chi connectivity index (χ1) is 7.15. The standard InChI is InChI=1S/C13H20N2/c1-9-5-6-11-7-12(8-14-3)15(4)13(11)10(9)2/h5-6,12,14H,7-8H2,1-4H3. The molecule has 82 valence electrons. The summed E-state index contributed by atoms with van der Waals surface area (Å²) in [7, 11) is 4.23. The van der Waals surface area contributed by atoms with Crippen LogP contribution in [0.15, 0.2) is 12.1 Å². The number of nitrogens with one attached hydrogen (secondary N) is 1. The van der Waals surface area contributed by atoms with Gasteiger partial charge in [0.05, 0.1) is 0 Å². The molecule has 0 saturated carbocycles. The average Bonchev–Trinajstić information content (AvgIpc) is 2.52. The van der Waals surface area contributed by atoms with Gasteiger partial charge in [0, 0.05) is 25.3 Å². The minimum absolute atomic E-state index is 0.616. The van der Waals surface area contributed by atoms with Crippen LogP contribution in [0.1, 0.15) is 16.7 Å². The average molecular weight is 204 g/mol. The fourth-order valence-corrected chi connectivity index (χ4v) is 2.53. The van der Waals surface area contributed by atoms with E-state index < -0.39 is 0 Å². The maximum absolute atomic E-state index is 3.27. The van der Waals surface area contributed by atoms with Gasteiger partial charge in [0.2, 0.25) is 0 Å². The second-order valence-corrected chi connectivity index (χ2v) is 4.54. The van der Waals surface area contributed by atoms with E-state index in [1.807, 2.05) is 7.05 Å². The molecule has 0 spiro atoms. The summed E-state index contributed by atoms with van der Waals surface area (Å²) in [5.74, 6) is 0. The highest BCUT2D eigenvalue weighted by molar-refractivity contribution is 5.65. The molecule has 1 heterocycles. The van der Waals surface area contributed by atoms with E-state index in [1.54, 1.807) is 0 Å². The Hall–Kier alpha value is -1.02. The first kappa shape index (κ1) is 10.5. The molecule has 0 aliphatic carbocycles. The van der Waals surface area contributed by atoms with E-state index in [9.17, 15) is 0 Å². The molecule has 0 fully saturated rings. The number of fused-ring (bicyclic) bond motifs is 1. The maximum atomic E-state index is 3.27. The summed E-state index contributed by atoms with van der Waals surface area (Å²) in [4.78, 5) is 2.42. The number of aryl methyl sites for hydroxylation is 1. The molecule has 2 nitrogen and oxygen atoms in total. The molecule has 0 radical (unpaired) electrons. The van der Waals surface area contributed by atoms with Gasteiger partial charge in [0.1, 0.15) is 0 Å². The van der Waals surface area contributed by atoms with E-state index >= 15 is 0 Å². The normalized spacial score (nSPS) is 19.5. The van der Waals surface area contributed by atoms with Crippen molar-refractivity contribution < 1.29 is 0 Å². The van der Waals surface area contributed by atoms with Gasteiger partial charge in [-0.1, -0.05) is 12.1 Å². The largest absolute Gasteiger partial charge is 0.370 e. The summed E-state index contributed by atoms with van der Waals surface area (Å²) < 4.78 is 0. The Morgan fingerprint density at radius 2 is 2.13 bits per heavy atom. The highest BCUT2D eigenvalue weighted by Crippen LogP contribution is 2.35. The van der Waals surface area contributed by atoms with Crippen molar-refractivity contribution in [2.45, 2.75) is 26.3 Å². The van der Waals surface area contributed by atoms with Gasteiger partial charge in [-0.15, -0.1) is 0 Å². The van der Waals surface area contributed by atoms with Gasteiger partial charge in [-0.2, -0.15) is 0 Å². The minimum atomic E-state index is 0.616. The minimum Gasteiger partial charge on any atom is -0.370 e. The third-order valence-electron chi connectivity index (χ3n) is 3.58. The van der Waals surface area contributed by atoms with Crippen LogP contribution in [0, 0.1) is 13.8 Å². The zero-order valence-electron chi connectivity index (χ0n) is 10.1. The monoisotopic (exact) mass is 204 g/mol. The molecule has 0 amide bonds. The van der Waals surface area contributed by atoms with Crippen LogP contribution in [-0.4, -0.2) is 26.7 Å². The number of hydrogen-bond donors (Lipinski definition) is 1. The molecule has 1 aliphatic heterocycles. The predicted octanol–water partition coefficient (Wildman–Crippen LogP) is 1.88. The Morgan fingerprint density at radius 3 is 2.80 bits per heavy atom. The fraction of sp³-hybridized carbons (Fsp3) is 0.538. The Morgan fingerprint density at radius 1 is 1.40 bits per heavy atom. The molecule has 0 bridgehead atoms. The van der Waals surface area contributed by atoms with Gasteiger partial charge in [-0.3, -0.25) is 0 Å². The number of nitrogens with zero attached hydrogens (tertiary/aromatic N) is 1. The lowest BCUT2D eigenvalue weighted by atomic mass is 10.0. The maximum Gasteiger partial charge on any atom is 0.0452 e. The Labute approximate surface area is 92.3 Å². The van der Waals surface area contributed by atoms with Crippen LogP contribution < -0.4 is 10.2 Å².